The Kier molecular flexibility index (Phi) is 10.9. The van der Waals surface area contributed by atoms with E-state index < -0.39 is 0 Å². The summed E-state index contributed by atoms with van der Waals surface area (Å²) in [6, 6.07) is 13.5. The smallest absolute Gasteiger partial charge is 0.185 e. The molecule has 0 saturated carbocycles. The number of benzene rings is 1. The van der Waals surface area contributed by atoms with E-state index in [1.807, 2.05) is 36.4 Å². The third-order valence-corrected chi connectivity index (χ3v) is 5.17. The molecule has 1 heterocycles. The second kappa shape index (κ2) is 13.9. The van der Waals surface area contributed by atoms with Gasteiger partial charge in [-0.3, -0.25) is 4.79 Å². The molecular weight excluding hydrogens is 342 g/mol. The van der Waals surface area contributed by atoms with Crippen molar-refractivity contribution in [3.63, 3.8) is 0 Å². The molecule has 2 heteroatoms. The summed E-state index contributed by atoms with van der Waals surface area (Å²) in [7, 11) is 0. The number of unbranched alkanes of at least 4 members (excludes halogenated alkanes) is 9. The molecule has 150 valence electrons. The van der Waals surface area contributed by atoms with E-state index in [4.69, 9.17) is 0 Å². The fraction of sp³-hybridized carbons (Fsp3) is 0.462. The van der Waals surface area contributed by atoms with E-state index in [1.165, 1.54) is 64.2 Å². The van der Waals surface area contributed by atoms with Crippen LogP contribution in [0.1, 0.15) is 87.1 Å². The average molecular weight is 379 g/mol. The fourth-order valence-corrected chi connectivity index (χ4v) is 3.38. The molecule has 0 unspecified atom stereocenters. The van der Waals surface area contributed by atoms with Crippen molar-refractivity contribution in [1.29, 1.82) is 0 Å². The van der Waals surface area contributed by atoms with Crippen LogP contribution < -0.4 is 4.57 Å². The summed E-state index contributed by atoms with van der Waals surface area (Å²) in [5.41, 5.74) is 1.79. The first-order valence-electron chi connectivity index (χ1n) is 11.1. The van der Waals surface area contributed by atoms with E-state index in [9.17, 15) is 4.79 Å². The quantitative estimate of drug-likeness (QED) is 0.153. The lowest BCUT2D eigenvalue weighted by Crippen LogP contribution is -2.32. The molecule has 0 N–H and O–H groups in total. The van der Waals surface area contributed by atoms with Gasteiger partial charge in [0.15, 0.2) is 18.2 Å². The molecule has 2 nitrogen and oxygen atoms in total. The third-order valence-electron chi connectivity index (χ3n) is 5.17. The Morgan fingerprint density at radius 3 is 1.96 bits per heavy atom. The monoisotopic (exact) mass is 378 g/mol. The minimum atomic E-state index is 0.0442. The number of hydrogen-bond acceptors (Lipinski definition) is 1. The lowest BCUT2D eigenvalue weighted by atomic mass is 10.1. The Balaban J connectivity index is 1.60. The van der Waals surface area contributed by atoms with Crippen LogP contribution in [0.25, 0.3) is 6.08 Å². The van der Waals surface area contributed by atoms with Gasteiger partial charge in [-0.05, 0) is 18.1 Å². The van der Waals surface area contributed by atoms with Crippen LogP contribution in [-0.4, -0.2) is 5.78 Å². The lowest BCUT2D eigenvalue weighted by Gasteiger charge is -2.01. The Morgan fingerprint density at radius 1 is 0.786 bits per heavy atom. The van der Waals surface area contributed by atoms with Crippen molar-refractivity contribution in [2.24, 2.45) is 0 Å². The largest absolute Gasteiger partial charge is 0.289 e. The van der Waals surface area contributed by atoms with Crippen LogP contribution in [0.5, 0.6) is 0 Å². The Hall–Kier alpha value is -2.22. The van der Waals surface area contributed by atoms with Gasteiger partial charge in [0.05, 0.1) is 0 Å². The number of aromatic nitrogens is 1. The summed E-state index contributed by atoms with van der Waals surface area (Å²) in [5.74, 6) is 0.0442. The molecule has 0 bridgehead atoms. The van der Waals surface area contributed by atoms with Crippen LogP contribution in [0.4, 0.5) is 0 Å². The van der Waals surface area contributed by atoms with E-state index in [-0.39, 0.29) is 5.78 Å². The van der Waals surface area contributed by atoms with E-state index >= 15 is 0 Å². The summed E-state index contributed by atoms with van der Waals surface area (Å²) >= 11 is 0. The van der Waals surface area contributed by atoms with Crippen molar-refractivity contribution in [3.8, 4) is 0 Å². The van der Waals surface area contributed by atoms with E-state index in [0.29, 0.717) is 0 Å². The number of rotatable bonds is 14. The molecule has 0 radical (unpaired) electrons. The number of aryl methyl sites for hydroxylation is 1. The average Bonchev–Trinajstić information content (AvgIpc) is 2.75. The Morgan fingerprint density at radius 2 is 1.36 bits per heavy atom. The van der Waals surface area contributed by atoms with Gasteiger partial charge < -0.3 is 0 Å². The van der Waals surface area contributed by atoms with Gasteiger partial charge in [-0.1, -0.05) is 94.7 Å². The molecule has 0 aliphatic heterocycles. The first-order chi connectivity index (χ1) is 13.8. The van der Waals surface area contributed by atoms with Gasteiger partial charge in [0.2, 0.25) is 0 Å². The number of ketones is 1. The zero-order chi connectivity index (χ0) is 19.9. The Bertz CT molecular complexity index is 688. The molecule has 0 atom stereocenters. The first kappa shape index (κ1) is 22.1. The SMILES string of the molecule is CCCCCCCCCCCC[n+]1ccc(C=CC(=O)c2ccccc2)cc1. The number of pyridine rings is 1. The fourth-order valence-electron chi connectivity index (χ4n) is 3.38. The first-order valence-corrected chi connectivity index (χ1v) is 11.1. The van der Waals surface area contributed by atoms with E-state index in [0.717, 1.165) is 17.7 Å². The van der Waals surface area contributed by atoms with Crippen molar-refractivity contribution in [3.05, 3.63) is 72.1 Å². The van der Waals surface area contributed by atoms with Crippen LogP contribution >= 0.6 is 0 Å². The number of carbonyl (C=O) groups excluding carboxylic acids is 1. The topological polar surface area (TPSA) is 20.9 Å². The van der Waals surface area contributed by atoms with Crippen LogP contribution in [0.3, 0.4) is 0 Å². The maximum absolute atomic E-state index is 12.1. The minimum absolute atomic E-state index is 0.0442. The molecule has 1 aromatic carbocycles. The molecule has 0 fully saturated rings. The maximum atomic E-state index is 12.1. The minimum Gasteiger partial charge on any atom is -0.289 e. The van der Waals surface area contributed by atoms with Crippen LogP contribution in [0.15, 0.2) is 60.9 Å². The van der Waals surface area contributed by atoms with Gasteiger partial charge in [-0.2, -0.15) is 0 Å². The molecular formula is C26H36NO+. The van der Waals surface area contributed by atoms with Gasteiger partial charge in [-0.25, -0.2) is 4.57 Å². The van der Waals surface area contributed by atoms with Crippen molar-refractivity contribution in [2.45, 2.75) is 77.7 Å². The zero-order valence-electron chi connectivity index (χ0n) is 17.5. The van der Waals surface area contributed by atoms with Crippen LogP contribution in [-0.2, 0) is 6.54 Å². The molecule has 0 amide bonds. The van der Waals surface area contributed by atoms with E-state index in [2.05, 4.69) is 36.0 Å². The number of nitrogens with zero attached hydrogens (tertiary/aromatic N) is 1. The predicted molar refractivity (Wildman–Crippen MR) is 118 cm³/mol. The third kappa shape index (κ3) is 9.12. The normalized spacial score (nSPS) is 11.2. The highest BCUT2D eigenvalue weighted by Gasteiger charge is 2.02. The van der Waals surface area contributed by atoms with Gasteiger partial charge in [0, 0.05) is 24.1 Å². The molecule has 1 aromatic heterocycles. The second-order valence-corrected chi connectivity index (χ2v) is 7.61. The standard InChI is InChI=1S/C26H36NO/c1-2-3-4-5-6-7-8-9-10-14-21-27-22-19-24(20-23-27)17-18-26(28)25-15-12-11-13-16-25/h11-13,15-20,22-23H,2-10,14,21H2,1H3/q+1. The van der Waals surface area contributed by atoms with Crippen molar-refractivity contribution in [1.82, 2.24) is 0 Å². The molecule has 2 rings (SSSR count). The maximum Gasteiger partial charge on any atom is 0.185 e. The van der Waals surface area contributed by atoms with Gasteiger partial charge in [0.25, 0.3) is 0 Å². The summed E-state index contributed by atoms with van der Waals surface area (Å²) in [6.45, 7) is 3.35. The summed E-state index contributed by atoms with van der Waals surface area (Å²) < 4.78 is 2.24. The molecule has 0 aliphatic rings. The Labute approximate surface area is 171 Å². The molecule has 28 heavy (non-hydrogen) atoms. The molecule has 0 spiro atoms. The predicted octanol–water partition coefficient (Wildman–Crippen LogP) is 6.79. The van der Waals surface area contributed by atoms with Gasteiger partial charge in [-0.15, -0.1) is 0 Å². The van der Waals surface area contributed by atoms with Crippen molar-refractivity contribution in [2.75, 3.05) is 0 Å². The van der Waals surface area contributed by atoms with Crippen LogP contribution in [0.2, 0.25) is 0 Å². The highest BCUT2D eigenvalue weighted by Crippen LogP contribution is 2.10. The van der Waals surface area contributed by atoms with Crippen LogP contribution in [0, 0.1) is 0 Å². The molecule has 2 aromatic rings. The number of carbonyl (C=O) groups is 1. The summed E-state index contributed by atoms with van der Waals surface area (Å²) in [6.07, 6.45) is 21.4. The summed E-state index contributed by atoms with van der Waals surface area (Å²) in [4.78, 5) is 12.1. The number of hydrogen-bond donors (Lipinski definition) is 0. The van der Waals surface area contributed by atoms with Crippen molar-refractivity contribution >= 4 is 11.9 Å². The van der Waals surface area contributed by atoms with Gasteiger partial charge in [0.1, 0.15) is 6.54 Å². The van der Waals surface area contributed by atoms with E-state index in [1.54, 1.807) is 6.08 Å². The second-order valence-electron chi connectivity index (χ2n) is 7.61. The lowest BCUT2D eigenvalue weighted by molar-refractivity contribution is -0.697. The zero-order valence-corrected chi connectivity index (χ0v) is 17.5. The highest BCUT2D eigenvalue weighted by molar-refractivity contribution is 6.06. The molecule has 0 saturated heterocycles. The van der Waals surface area contributed by atoms with Gasteiger partial charge >= 0.3 is 0 Å². The van der Waals surface area contributed by atoms with Crippen molar-refractivity contribution < 1.29 is 9.36 Å². The highest BCUT2D eigenvalue weighted by atomic mass is 16.1. The molecule has 0 aliphatic carbocycles. The summed E-state index contributed by atoms with van der Waals surface area (Å²) in [5, 5.41) is 0. The number of allylic oxidation sites excluding steroid dienone is 1.